The molecule has 0 aliphatic carbocycles. The molecular weight excluding hydrogens is 483 g/mol. The second kappa shape index (κ2) is 10.7. The van der Waals surface area contributed by atoms with Crippen LogP contribution in [0, 0.1) is 11.2 Å². The monoisotopic (exact) mass is 510 g/mol. The highest BCUT2D eigenvalue weighted by Gasteiger charge is 2.40. The van der Waals surface area contributed by atoms with Crippen molar-refractivity contribution in [3.05, 3.63) is 88.0 Å². The Bertz CT molecular complexity index is 1270. The number of hydroxylamine groups is 2. The van der Waals surface area contributed by atoms with Gasteiger partial charge in [0.05, 0.1) is 12.0 Å². The van der Waals surface area contributed by atoms with Crippen molar-refractivity contribution in [1.29, 1.82) is 0 Å². The van der Waals surface area contributed by atoms with Gasteiger partial charge in [-0.1, -0.05) is 61.6 Å². The first kappa shape index (κ1) is 25.1. The zero-order valence-corrected chi connectivity index (χ0v) is 21.6. The van der Waals surface area contributed by atoms with Crippen molar-refractivity contribution in [1.82, 2.24) is 15.3 Å². The van der Waals surface area contributed by atoms with Crippen LogP contribution in [0.25, 0.3) is 10.4 Å². The molecular formula is C26H27FN4O2S2. The zero-order chi connectivity index (χ0) is 25.0. The molecule has 35 heavy (non-hydrogen) atoms. The zero-order valence-electron chi connectivity index (χ0n) is 20.0. The lowest BCUT2D eigenvalue weighted by Gasteiger charge is -2.32. The topological polar surface area (TPSA) is 67.3 Å². The minimum absolute atomic E-state index is 0.205. The van der Waals surface area contributed by atoms with Crippen LogP contribution in [0.5, 0.6) is 0 Å². The van der Waals surface area contributed by atoms with Crippen LogP contribution in [0.2, 0.25) is 0 Å². The van der Waals surface area contributed by atoms with Crippen LogP contribution in [0.1, 0.15) is 35.8 Å². The first-order valence-electron chi connectivity index (χ1n) is 11.1. The van der Waals surface area contributed by atoms with Crippen molar-refractivity contribution in [2.24, 2.45) is 5.41 Å². The molecule has 0 bridgehead atoms. The van der Waals surface area contributed by atoms with E-state index in [1.807, 2.05) is 52.2 Å². The second-order valence-electron chi connectivity index (χ2n) is 8.89. The van der Waals surface area contributed by atoms with Crippen molar-refractivity contribution < 1.29 is 14.0 Å². The molecule has 0 saturated heterocycles. The maximum absolute atomic E-state index is 14.2. The first-order chi connectivity index (χ1) is 16.7. The summed E-state index contributed by atoms with van der Waals surface area (Å²) in [5, 5.41) is 12.7. The third kappa shape index (κ3) is 5.99. The van der Waals surface area contributed by atoms with Crippen molar-refractivity contribution in [3.8, 4) is 10.4 Å². The maximum atomic E-state index is 14.2. The molecule has 182 valence electrons. The molecule has 0 aliphatic rings. The lowest BCUT2D eigenvalue weighted by atomic mass is 9.73. The van der Waals surface area contributed by atoms with Crippen molar-refractivity contribution in [2.45, 2.75) is 26.4 Å². The summed E-state index contributed by atoms with van der Waals surface area (Å²) in [7, 11) is 3.71. The Balaban J connectivity index is 1.65. The molecule has 2 aromatic heterocycles. The second-order valence-corrected chi connectivity index (χ2v) is 10.8. The van der Waals surface area contributed by atoms with Gasteiger partial charge < -0.3 is 5.32 Å². The smallest absolute Gasteiger partial charge is 0.232 e. The average molecular weight is 511 g/mol. The number of carbonyl (C=O) groups is 1. The Morgan fingerprint density at radius 3 is 2.57 bits per heavy atom. The van der Waals surface area contributed by atoms with E-state index in [4.69, 9.17) is 4.84 Å². The van der Waals surface area contributed by atoms with E-state index in [-0.39, 0.29) is 17.6 Å². The number of amides is 1. The fourth-order valence-corrected chi connectivity index (χ4v) is 5.64. The Morgan fingerprint density at radius 1 is 1.14 bits per heavy atom. The summed E-state index contributed by atoms with van der Waals surface area (Å²) in [6.45, 7) is 4.25. The van der Waals surface area contributed by atoms with Crippen LogP contribution in [0.3, 0.4) is 0 Å². The van der Waals surface area contributed by atoms with Crippen molar-refractivity contribution >= 4 is 33.7 Å². The summed E-state index contributed by atoms with van der Waals surface area (Å²) in [6, 6.07) is 18.8. The third-order valence-electron chi connectivity index (χ3n) is 5.71. The fraction of sp³-hybridized carbons (Fsp3) is 0.269. The van der Waals surface area contributed by atoms with Gasteiger partial charge in [0.1, 0.15) is 11.3 Å². The maximum Gasteiger partial charge on any atom is 0.232 e. The summed E-state index contributed by atoms with van der Waals surface area (Å²) in [4.78, 5) is 20.9. The van der Waals surface area contributed by atoms with Crippen LogP contribution in [-0.2, 0) is 16.2 Å². The molecule has 0 saturated carbocycles. The minimum atomic E-state index is -0.894. The predicted octanol–water partition coefficient (Wildman–Crippen LogP) is 6.20. The Morgan fingerprint density at radius 2 is 1.91 bits per heavy atom. The van der Waals surface area contributed by atoms with Crippen molar-refractivity contribution in [2.75, 3.05) is 19.4 Å². The molecule has 1 N–H and O–H groups in total. The summed E-state index contributed by atoms with van der Waals surface area (Å²) < 4.78 is 14.2. The van der Waals surface area contributed by atoms with Crippen molar-refractivity contribution in [3.63, 3.8) is 0 Å². The summed E-state index contributed by atoms with van der Waals surface area (Å²) in [5.41, 5.74) is 3.56. The van der Waals surface area contributed by atoms with Gasteiger partial charge in [-0.3, -0.25) is 9.63 Å². The number of hydrogen-bond acceptors (Lipinski definition) is 7. The lowest BCUT2D eigenvalue weighted by Crippen LogP contribution is -2.36. The lowest BCUT2D eigenvalue weighted by molar-refractivity contribution is -0.130. The number of carbonyl (C=O) groups excluding carboxylic acids is 1. The standard InChI is InChI=1S/C26H27FN4O2S2/c1-26(2,24(32)29-25-30-28-16-34-25)23(19-6-5-7-20(27)14-19)22-13-12-21(35-22)18-10-8-17(9-11-18)15-33-31(3)4/h5-14,16,23H,15H2,1-4H3,(H,29,30,32). The van der Waals surface area contributed by atoms with E-state index in [2.05, 4.69) is 33.7 Å². The van der Waals surface area contributed by atoms with E-state index in [1.165, 1.54) is 23.5 Å². The average Bonchev–Trinajstić information content (AvgIpc) is 3.51. The van der Waals surface area contributed by atoms with Crippen LogP contribution in [-0.4, -0.2) is 35.3 Å². The normalized spacial score (nSPS) is 12.6. The number of thiophene rings is 1. The van der Waals surface area contributed by atoms with Gasteiger partial charge in [-0.15, -0.1) is 21.5 Å². The quantitative estimate of drug-likeness (QED) is 0.272. The summed E-state index contributed by atoms with van der Waals surface area (Å²) in [5.74, 6) is -0.901. The number of halogens is 1. The van der Waals surface area contributed by atoms with Gasteiger partial charge in [-0.05, 0) is 41.0 Å². The van der Waals surface area contributed by atoms with Gasteiger partial charge in [0.2, 0.25) is 11.0 Å². The summed E-state index contributed by atoms with van der Waals surface area (Å²) in [6.07, 6.45) is 0. The van der Waals surface area contributed by atoms with Crippen LogP contribution in [0.4, 0.5) is 9.52 Å². The van der Waals surface area contributed by atoms with Gasteiger partial charge in [-0.25, -0.2) is 4.39 Å². The third-order valence-corrected chi connectivity index (χ3v) is 7.51. The fourth-order valence-electron chi connectivity index (χ4n) is 3.87. The van der Waals surface area contributed by atoms with E-state index < -0.39 is 5.41 Å². The number of nitrogens with one attached hydrogen (secondary N) is 1. The number of anilines is 1. The Kier molecular flexibility index (Phi) is 7.71. The highest BCUT2D eigenvalue weighted by molar-refractivity contribution is 7.15. The van der Waals surface area contributed by atoms with Gasteiger partial charge in [0.25, 0.3) is 0 Å². The highest BCUT2D eigenvalue weighted by Crippen LogP contribution is 2.46. The molecule has 4 aromatic rings. The predicted molar refractivity (Wildman–Crippen MR) is 139 cm³/mol. The summed E-state index contributed by atoms with van der Waals surface area (Å²) >= 11 is 2.86. The molecule has 0 aliphatic heterocycles. The minimum Gasteiger partial charge on any atom is -0.300 e. The molecule has 0 spiro atoms. The van der Waals surface area contributed by atoms with E-state index >= 15 is 0 Å². The first-order valence-corrected chi connectivity index (χ1v) is 12.8. The highest BCUT2D eigenvalue weighted by atomic mass is 32.1. The molecule has 1 amide bonds. The number of aromatic nitrogens is 2. The molecule has 0 fully saturated rings. The Hall–Kier alpha value is -2.98. The van der Waals surface area contributed by atoms with Gasteiger partial charge in [-0.2, -0.15) is 5.06 Å². The molecule has 2 heterocycles. The Labute approximate surface area is 212 Å². The molecule has 0 radical (unpaired) electrons. The molecule has 6 nitrogen and oxygen atoms in total. The van der Waals surface area contributed by atoms with Gasteiger partial charge >= 0.3 is 0 Å². The molecule has 9 heteroatoms. The van der Waals surface area contributed by atoms with E-state index in [9.17, 15) is 9.18 Å². The molecule has 2 aromatic carbocycles. The number of rotatable bonds is 9. The molecule has 4 rings (SSSR count). The van der Waals surface area contributed by atoms with Crippen LogP contribution >= 0.6 is 22.7 Å². The van der Waals surface area contributed by atoms with Gasteiger partial charge in [0, 0.05) is 29.8 Å². The van der Waals surface area contributed by atoms with Gasteiger partial charge in [0.15, 0.2) is 0 Å². The SMILES string of the molecule is CN(C)OCc1ccc(-c2ccc(C(c3cccc(F)c3)C(C)(C)C(=O)Nc3nncs3)s2)cc1. The number of benzene rings is 2. The van der Waals surface area contributed by atoms with E-state index in [0.29, 0.717) is 11.7 Å². The van der Waals surface area contributed by atoms with E-state index in [1.54, 1.807) is 28.0 Å². The molecule has 1 unspecified atom stereocenters. The largest absolute Gasteiger partial charge is 0.300 e. The number of nitrogens with zero attached hydrogens (tertiary/aromatic N) is 3. The van der Waals surface area contributed by atoms with E-state index in [0.717, 1.165) is 26.4 Å². The number of hydrogen-bond donors (Lipinski definition) is 1. The molecule has 1 atom stereocenters. The van der Waals surface area contributed by atoms with Crippen LogP contribution in [0.15, 0.2) is 66.2 Å². The van der Waals surface area contributed by atoms with Crippen LogP contribution < -0.4 is 5.32 Å².